The van der Waals surface area contributed by atoms with Gasteiger partial charge in [-0.1, -0.05) is 23.8 Å². The number of aliphatic imine (C=N–C) groups is 1. The second kappa shape index (κ2) is 12.3. The van der Waals surface area contributed by atoms with Crippen molar-refractivity contribution in [2.45, 2.75) is 34.2 Å². The van der Waals surface area contributed by atoms with Crippen molar-refractivity contribution in [2.75, 3.05) is 19.7 Å². The van der Waals surface area contributed by atoms with Gasteiger partial charge in [0, 0.05) is 18.4 Å². The molecule has 3 aromatic rings. The molecule has 0 saturated carbocycles. The number of guanidine groups is 1. The molecule has 0 aliphatic heterocycles. The Morgan fingerprint density at radius 2 is 1.84 bits per heavy atom. The Labute approximate surface area is 201 Å². The summed E-state index contributed by atoms with van der Waals surface area (Å²) in [5.74, 6) is 2.44. The number of aryl methyl sites for hydroxylation is 3. The summed E-state index contributed by atoms with van der Waals surface area (Å²) in [5.41, 5.74) is 4.31. The van der Waals surface area contributed by atoms with Gasteiger partial charge in [0.1, 0.15) is 12.4 Å². The first-order valence-electron chi connectivity index (χ1n) is 10.3. The molecule has 0 spiro atoms. The molecule has 0 fully saturated rings. The molecular weight excluding hydrogens is 503 g/mol. The highest BCUT2D eigenvalue weighted by Gasteiger charge is 2.05. The van der Waals surface area contributed by atoms with Gasteiger partial charge in [-0.3, -0.25) is 0 Å². The zero-order valence-corrected chi connectivity index (χ0v) is 20.9. The number of hydrogen-bond acceptors (Lipinski definition) is 4. The monoisotopic (exact) mass is 534 g/mol. The van der Waals surface area contributed by atoms with Crippen molar-refractivity contribution in [1.82, 2.24) is 25.4 Å². The molecule has 0 atom stereocenters. The fourth-order valence-electron chi connectivity index (χ4n) is 2.98. The maximum absolute atomic E-state index is 5.76. The van der Waals surface area contributed by atoms with Gasteiger partial charge in [0.25, 0.3) is 0 Å². The minimum Gasteiger partial charge on any atom is -0.492 e. The minimum atomic E-state index is 0. The standard InChI is InChI=1S/C23H30N6O.HI/c1-5-24-23(25-12-13-30-21-9-6-17(2)7-10-21)27-16-20-8-11-22(26-15-20)29-19(4)14-18(3)28-29;/h6-11,14-15H,5,12-13,16H2,1-4H3,(H2,24,25,27);1H. The average Bonchev–Trinajstić information content (AvgIpc) is 3.09. The van der Waals surface area contributed by atoms with E-state index in [9.17, 15) is 0 Å². The van der Waals surface area contributed by atoms with Crippen LogP contribution in [0.25, 0.3) is 5.82 Å². The van der Waals surface area contributed by atoms with E-state index in [1.54, 1.807) is 0 Å². The second-order valence-corrected chi connectivity index (χ2v) is 7.15. The SMILES string of the molecule is CCNC(=NCc1ccc(-n2nc(C)cc2C)nc1)NCCOc1ccc(C)cc1.I. The highest BCUT2D eigenvalue weighted by Crippen LogP contribution is 2.11. The Kier molecular flexibility index (Phi) is 9.77. The first-order valence-corrected chi connectivity index (χ1v) is 10.3. The molecule has 1 aromatic carbocycles. The maximum atomic E-state index is 5.76. The molecule has 0 radical (unpaired) electrons. The summed E-state index contributed by atoms with van der Waals surface area (Å²) >= 11 is 0. The molecular formula is C23H31IN6O. The van der Waals surface area contributed by atoms with Crippen LogP contribution in [-0.2, 0) is 6.54 Å². The number of rotatable bonds is 8. The largest absolute Gasteiger partial charge is 0.492 e. The van der Waals surface area contributed by atoms with Crippen LogP contribution in [0.4, 0.5) is 0 Å². The fraction of sp³-hybridized carbons (Fsp3) is 0.348. The molecule has 7 nitrogen and oxygen atoms in total. The molecule has 0 amide bonds. The summed E-state index contributed by atoms with van der Waals surface area (Å²) in [7, 11) is 0. The minimum absolute atomic E-state index is 0. The summed E-state index contributed by atoms with van der Waals surface area (Å²) in [6.07, 6.45) is 1.85. The molecule has 0 unspecified atom stereocenters. The first kappa shape index (κ1) is 24.6. The zero-order valence-electron chi connectivity index (χ0n) is 18.6. The Balaban J connectivity index is 0.00000341. The van der Waals surface area contributed by atoms with Gasteiger partial charge in [-0.25, -0.2) is 14.7 Å². The number of halogens is 1. The fourth-order valence-corrected chi connectivity index (χ4v) is 2.98. The van der Waals surface area contributed by atoms with Crippen LogP contribution in [0.3, 0.4) is 0 Å². The van der Waals surface area contributed by atoms with Crippen LogP contribution in [-0.4, -0.2) is 40.4 Å². The maximum Gasteiger partial charge on any atom is 0.191 e. The van der Waals surface area contributed by atoms with Crippen LogP contribution in [0, 0.1) is 20.8 Å². The average molecular weight is 534 g/mol. The van der Waals surface area contributed by atoms with Crippen molar-refractivity contribution in [3.63, 3.8) is 0 Å². The predicted octanol–water partition coefficient (Wildman–Crippen LogP) is 3.94. The highest BCUT2D eigenvalue weighted by molar-refractivity contribution is 14.0. The Morgan fingerprint density at radius 1 is 1.06 bits per heavy atom. The van der Waals surface area contributed by atoms with Gasteiger partial charge in [-0.05, 0) is 57.5 Å². The Morgan fingerprint density at radius 3 is 2.45 bits per heavy atom. The van der Waals surface area contributed by atoms with Crippen molar-refractivity contribution in [1.29, 1.82) is 0 Å². The number of ether oxygens (including phenoxy) is 1. The molecule has 0 bridgehead atoms. The predicted molar refractivity (Wildman–Crippen MR) is 136 cm³/mol. The molecule has 0 aliphatic rings. The number of nitrogens with one attached hydrogen (secondary N) is 2. The van der Waals surface area contributed by atoms with Gasteiger partial charge >= 0.3 is 0 Å². The van der Waals surface area contributed by atoms with E-state index in [4.69, 9.17) is 4.74 Å². The molecule has 2 N–H and O–H groups in total. The zero-order chi connectivity index (χ0) is 21.3. The van der Waals surface area contributed by atoms with E-state index in [-0.39, 0.29) is 24.0 Å². The molecule has 2 heterocycles. The number of aromatic nitrogens is 3. The molecule has 0 aliphatic carbocycles. The summed E-state index contributed by atoms with van der Waals surface area (Å²) < 4.78 is 7.60. The van der Waals surface area contributed by atoms with Crippen molar-refractivity contribution in [3.05, 3.63) is 71.2 Å². The topological polar surface area (TPSA) is 76.4 Å². The summed E-state index contributed by atoms with van der Waals surface area (Å²) in [4.78, 5) is 9.17. The number of hydrogen-bond donors (Lipinski definition) is 2. The lowest BCUT2D eigenvalue weighted by Crippen LogP contribution is -2.39. The first-order chi connectivity index (χ1) is 14.5. The van der Waals surface area contributed by atoms with E-state index < -0.39 is 0 Å². The van der Waals surface area contributed by atoms with Crippen LogP contribution in [0.1, 0.15) is 29.4 Å². The third kappa shape index (κ3) is 7.54. The van der Waals surface area contributed by atoms with Crippen LogP contribution in [0.5, 0.6) is 5.75 Å². The van der Waals surface area contributed by atoms with Gasteiger partial charge < -0.3 is 15.4 Å². The lowest BCUT2D eigenvalue weighted by atomic mass is 10.2. The van der Waals surface area contributed by atoms with Crippen molar-refractivity contribution >= 4 is 29.9 Å². The van der Waals surface area contributed by atoms with E-state index in [2.05, 4.69) is 32.6 Å². The van der Waals surface area contributed by atoms with Gasteiger partial charge in [-0.15, -0.1) is 24.0 Å². The van der Waals surface area contributed by atoms with E-state index in [1.165, 1.54) is 5.56 Å². The molecule has 3 rings (SSSR count). The summed E-state index contributed by atoms with van der Waals surface area (Å²) in [6, 6.07) is 14.1. The highest BCUT2D eigenvalue weighted by atomic mass is 127. The second-order valence-electron chi connectivity index (χ2n) is 7.15. The molecule has 2 aromatic heterocycles. The van der Waals surface area contributed by atoms with Crippen LogP contribution in [0.15, 0.2) is 53.7 Å². The van der Waals surface area contributed by atoms with Crippen LogP contribution in [0.2, 0.25) is 0 Å². The number of nitrogens with zero attached hydrogens (tertiary/aromatic N) is 4. The number of benzene rings is 1. The van der Waals surface area contributed by atoms with E-state index in [0.29, 0.717) is 19.7 Å². The quantitative estimate of drug-likeness (QED) is 0.198. The van der Waals surface area contributed by atoms with Crippen LogP contribution < -0.4 is 15.4 Å². The summed E-state index contributed by atoms with van der Waals surface area (Å²) in [5, 5.41) is 11.0. The van der Waals surface area contributed by atoms with E-state index in [1.807, 2.05) is 74.1 Å². The Hall–Kier alpha value is -2.62. The normalized spacial score (nSPS) is 11.0. The van der Waals surface area contributed by atoms with E-state index >= 15 is 0 Å². The third-order valence-electron chi connectivity index (χ3n) is 4.48. The van der Waals surface area contributed by atoms with Gasteiger partial charge in [-0.2, -0.15) is 5.10 Å². The Bertz CT molecular complexity index is 967. The molecule has 31 heavy (non-hydrogen) atoms. The van der Waals surface area contributed by atoms with Crippen LogP contribution >= 0.6 is 24.0 Å². The van der Waals surface area contributed by atoms with Gasteiger partial charge in [0.05, 0.1) is 18.8 Å². The van der Waals surface area contributed by atoms with E-state index in [0.717, 1.165) is 41.0 Å². The van der Waals surface area contributed by atoms with Crippen molar-refractivity contribution in [3.8, 4) is 11.6 Å². The lowest BCUT2D eigenvalue weighted by molar-refractivity contribution is 0.322. The number of pyridine rings is 1. The molecule has 166 valence electrons. The van der Waals surface area contributed by atoms with Crippen molar-refractivity contribution < 1.29 is 4.74 Å². The third-order valence-corrected chi connectivity index (χ3v) is 4.48. The van der Waals surface area contributed by atoms with Gasteiger partial charge in [0.15, 0.2) is 11.8 Å². The smallest absolute Gasteiger partial charge is 0.191 e. The lowest BCUT2D eigenvalue weighted by Gasteiger charge is -2.12. The molecule has 8 heteroatoms. The molecule has 0 saturated heterocycles. The van der Waals surface area contributed by atoms with Gasteiger partial charge in [0.2, 0.25) is 0 Å². The summed E-state index contributed by atoms with van der Waals surface area (Å²) in [6.45, 7) is 10.7. The van der Waals surface area contributed by atoms with Crippen molar-refractivity contribution in [2.24, 2.45) is 4.99 Å².